The van der Waals surface area contributed by atoms with E-state index < -0.39 is 0 Å². The summed E-state index contributed by atoms with van der Waals surface area (Å²) in [5, 5.41) is 8.73. The molecule has 138 valence electrons. The molecule has 1 saturated carbocycles. The van der Waals surface area contributed by atoms with Crippen molar-refractivity contribution in [1.29, 1.82) is 0 Å². The third kappa shape index (κ3) is 4.14. The monoisotopic (exact) mass is 344 g/mol. The van der Waals surface area contributed by atoms with Gasteiger partial charge in [-0.3, -0.25) is 9.36 Å². The summed E-state index contributed by atoms with van der Waals surface area (Å²) < 4.78 is 9.47. The van der Waals surface area contributed by atoms with Crippen LogP contribution in [0.3, 0.4) is 0 Å². The third-order valence-electron chi connectivity index (χ3n) is 5.22. The molecule has 4 rings (SSSR count). The van der Waals surface area contributed by atoms with E-state index in [0.29, 0.717) is 23.9 Å². The van der Waals surface area contributed by atoms with Gasteiger partial charge < -0.3 is 4.74 Å². The van der Waals surface area contributed by atoms with Crippen LogP contribution < -0.4 is 0 Å². The zero-order chi connectivity index (χ0) is 17.8. The van der Waals surface area contributed by atoms with Crippen LogP contribution in [0.5, 0.6) is 0 Å². The van der Waals surface area contributed by atoms with Crippen molar-refractivity contribution in [2.75, 3.05) is 13.2 Å². The Morgan fingerprint density at radius 3 is 1.72 bits per heavy atom. The molecule has 5 nitrogen and oxygen atoms in total. The number of aromatic nitrogens is 4. The van der Waals surface area contributed by atoms with Crippen LogP contribution in [0, 0.1) is 0 Å². The first kappa shape index (κ1) is 18.2. The van der Waals surface area contributed by atoms with Gasteiger partial charge in [0.1, 0.15) is 0 Å². The van der Waals surface area contributed by atoms with E-state index in [-0.39, 0.29) is 0 Å². The Balaban J connectivity index is 0.000000146. The third-order valence-corrected chi connectivity index (χ3v) is 5.22. The van der Waals surface area contributed by atoms with Gasteiger partial charge in [0.15, 0.2) is 0 Å². The molecule has 2 aliphatic rings. The van der Waals surface area contributed by atoms with E-state index in [1.54, 1.807) is 0 Å². The van der Waals surface area contributed by atoms with Crippen molar-refractivity contribution in [2.45, 2.75) is 77.3 Å². The Morgan fingerprint density at radius 1 is 0.840 bits per heavy atom. The first-order valence-electron chi connectivity index (χ1n) is 9.72. The Labute approximate surface area is 151 Å². The molecule has 1 aliphatic carbocycles. The highest BCUT2D eigenvalue weighted by Gasteiger charge is 2.23. The smallest absolute Gasteiger partial charge is 0.0988 e. The van der Waals surface area contributed by atoms with Crippen molar-refractivity contribution in [3.8, 4) is 0 Å². The van der Waals surface area contributed by atoms with Crippen molar-refractivity contribution in [1.82, 2.24) is 19.6 Å². The number of hydrogen-bond acceptors (Lipinski definition) is 3. The normalized spacial score (nSPS) is 18.5. The lowest BCUT2D eigenvalue weighted by Gasteiger charge is -2.28. The molecular weight excluding hydrogens is 312 g/mol. The summed E-state index contributed by atoms with van der Waals surface area (Å²) in [6, 6.07) is 5.41. The van der Waals surface area contributed by atoms with E-state index in [2.05, 4.69) is 59.4 Å². The van der Waals surface area contributed by atoms with Gasteiger partial charge in [0.25, 0.3) is 0 Å². The largest absolute Gasteiger partial charge is 0.377 e. The van der Waals surface area contributed by atoms with Gasteiger partial charge in [-0.15, -0.1) is 0 Å². The van der Waals surface area contributed by atoms with Gasteiger partial charge in [-0.05, 0) is 36.8 Å². The van der Waals surface area contributed by atoms with Crippen LogP contribution in [0.15, 0.2) is 24.5 Å². The minimum atomic E-state index is 0.484. The molecule has 0 aromatic carbocycles. The maximum absolute atomic E-state index is 5.13. The Morgan fingerprint density at radius 2 is 1.32 bits per heavy atom. The van der Waals surface area contributed by atoms with E-state index in [1.807, 2.05) is 12.4 Å². The Hall–Kier alpha value is -1.62. The predicted octanol–water partition coefficient (Wildman–Crippen LogP) is 4.70. The minimum Gasteiger partial charge on any atom is -0.377 e. The maximum Gasteiger partial charge on any atom is 0.0988 e. The molecule has 0 spiro atoms. The second-order valence-electron chi connectivity index (χ2n) is 7.84. The topological polar surface area (TPSA) is 44.9 Å². The molecular formula is C20H32N4O. The molecule has 0 amide bonds. The zero-order valence-electron chi connectivity index (χ0n) is 16.1. The lowest BCUT2D eigenvalue weighted by atomic mass is 10.1. The van der Waals surface area contributed by atoms with Gasteiger partial charge in [0.05, 0.1) is 25.3 Å². The molecule has 0 atom stereocenters. The first-order valence-corrected chi connectivity index (χ1v) is 9.72. The molecule has 25 heavy (non-hydrogen) atoms. The fourth-order valence-electron chi connectivity index (χ4n) is 3.69. The molecule has 2 aromatic rings. The molecule has 5 heteroatoms. The second-order valence-corrected chi connectivity index (χ2v) is 7.84. The summed E-state index contributed by atoms with van der Waals surface area (Å²) in [6.07, 6.45) is 9.20. The molecule has 0 N–H and O–H groups in total. The van der Waals surface area contributed by atoms with E-state index in [9.17, 15) is 0 Å². The van der Waals surface area contributed by atoms with Crippen LogP contribution in [-0.4, -0.2) is 32.8 Å². The number of rotatable bonds is 4. The second kappa shape index (κ2) is 8.17. The summed E-state index contributed by atoms with van der Waals surface area (Å²) in [7, 11) is 0. The Bertz CT molecular complexity index is 648. The molecule has 0 radical (unpaired) electrons. The number of nitrogens with zero attached hydrogens (tertiary/aromatic N) is 4. The molecule has 3 heterocycles. The fourth-order valence-corrected chi connectivity index (χ4v) is 3.69. The van der Waals surface area contributed by atoms with Crippen molar-refractivity contribution in [2.24, 2.45) is 0 Å². The molecule has 0 bridgehead atoms. The summed E-state index contributed by atoms with van der Waals surface area (Å²) in [5.41, 5.74) is 2.70. The van der Waals surface area contributed by atoms with Crippen molar-refractivity contribution >= 4 is 0 Å². The van der Waals surface area contributed by atoms with Crippen LogP contribution >= 0.6 is 0 Å². The zero-order valence-corrected chi connectivity index (χ0v) is 16.1. The Kier molecular flexibility index (Phi) is 5.94. The predicted molar refractivity (Wildman–Crippen MR) is 100.0 cm³/mol. The van der Waals surface area contributed by atoms with Crippen molar-refractivity contribution < 1.29 is 4.74 Å². The average molecular weight is 345 g/mol. The average Bonchev–Trinajstić information content (AvgIpc) is 3.27. The quantitative estimate of drug-likeness (QED) is 0.807. The van der Waals surface area contributed by atoms with E-state index in [0.717, 1.165) is 13.2 Å². The lowest BCUT2D eigenvalue weighted by molar-refractivity contribution is -0.0300. The van der Waals surface area contributed by atoms with Crippen LogP contribution in [0.1, 0.15) is 88.7 Å². The van der Waals surface area contributed by atoms with Gasteiger partial charge >= 0.3 is 0 Å². The molecule has 1 saturated heterocycles. The van der Waals surface area contributed by atoms with Crippen molar-refractivity contribution in [3.63, 3.8) is 0 Å². The highest BCUT2D eigenvalue weighted by molar-refractivity contribution is 5.08. The van der Waals surface area contributed by atoms with E-state index in [1.165, 1.54) is 37.1 Å². The van der Waals surface area contributed by atoms with Gasteiger partial charge in [0, 0.05) is 23.8 Å². The summed E-state index contributed by atoms with van der Waals surface area (Å²) in [4.78, 5) is 0. The molecule has 2 fully saturated rings. The van der Waals surface area contributed by atoms with Crippen LogP contribution in [0.4, 0.5) is 0 Å². The summed E-state index contributed by atoms with van der Waals surface area (Å²) >= 11 is 0. The fraction of sp³-hybridized carbons (Fsp3) is 0.700. The maximum atomic E-state index is 5.13. The van der Waals surface area contributed by atoms with Crippen LogP contribution in [0.2, 0.25) is 0 Å². The van der Waals surface area contributed by atoms with Gasteiger partial charge in [-0.1, -0.05) is 40.5 Å². The van der Waals surface area contributed by atoms with E-state index >= 15 is 0 Å². The number of ether oxygens (including phenoxy) is 1. The molecule has 2 aromatic heterocycles. The van der Waals surface area contributed by atoms with Gasteiger partial charge in [-0.2, -0.15) is 10.2 Å². The standard InChI is InChI=1S/C11H18N2.C9H14N2O/c1-9(2)11-7-8-12-13(11)10-5-3-4-6-10;1-7(2)9-3-4-10-11(9)8-5-12-6-8/h7-10H,3-6H2,1-2H3;3-4,7-8H,5-6H2,1-2H3. The van der Waals surface area contributed by atoms with Gasteiger partial charge in [-0.25, -0.2) is 0 Å². The minimum absolute atomic E-state index is 0.484. The molecule has 0 unspecified atom stereocenters. The lowest BCUT2D eigenvalue weighted by Crippen LogP contribution is -2.32. The molecule has 1 aliphatic heterocycles. The summed E-state index contributed by atoms with van der Waals surface area (Å²) in [5.74, 6) is 1.15. The van der Waals surface area contributed by atoms with Crippen LogP contribution in [0.25, 0.3) is 0 Å². The summed E-state index contributed by atoms with van der Waals surface area (Å²) in [6.45, 7) is 10.5. The SMILES string of the molecule is CC(C)c1ccnn1C1CCCC1.CC(C)c1ccnn1C1COC1. The van der Waals surface area contributed by atoms with Crippen LogP contribution in [-0.2, 0) is 4.74 Å². The highest BCUT2D eigenvalue weighted by Crippen LogP contribution is 2.31. The first-order chi connectivity index (χ1) is 12.1. The van der Waals surface area contributed by atoms with Gasteiger partial charge in [0.2, 0.25) is 0 Å². The number of hydrogen-bond donors (Lipinski definition) is 0. The highest BCUT2D eigenvalue weighted by atomic mass is 16.5. The van der Waals surface area contributed by atoms with E-state index in [4.69, 9.17) is 4.74 Å². The van der Waals surface area contributed by atoms with Crippen molar-refractivity contribution in [3.05, 3.63) is 35.9 Å².